The minimum atomic E-state index is -0.0660. The molecule has 2 heterocycles. The first-order chi connectivity index (χ1) is 8.16. The molecule has 6 heteroatoms. The van der Waals surface area contributed by atoms with E-state index in [4.69, 9.17) is 0 Å². The second kappa shape index (κ2) is 5.37. The van der Waals surface area contributed by atoms with E-state index in [-0.39, 0.29) is 5.91 Å². The summed E-state index contributed by atoms with van der Waals surface area (Å²) in [5.41, 5.74) is 1.71. The molecule has 4 nitrogen and oxygen atoms in total. The van der Waals surface area contributed by atoms with Crippen LogP contribution in [-0.2, 0) is 6.42 Å². The Hall–Kier alpha value is -1.27. The maximum absolute atomic E-state index is 11.6. The van der Waals surface area contributed by atoms with Crippen molar-refractivity contribution in [2.75, 3.05) is 6.54 Å². The van der Waals surface area contributed by atoms with Gasteiger partial charge in [-0.15, -0.1) is 11.3 Å². The summed E-state index contributed by atoms with van der Waals surface area (Å²) in [6.45, 7) is 4.68. The SMILES string of the molecule is Cc1nc(CCNC(=O)c2cnsc2)sc1C. The summed E-state index contributed by atoms with van der Waals surface area (Å²) < 4.78 is 3.89. The lowest BCUT2D eigenvalue weighted by molar-refractivity contribution is 0.0954. The van der Waals surface area contributed by atoms with Crippen molar-refractivity contribution in [2.24, 2.45) is 0 Å². The molecular formula is C11H13N3OS2. The zero-order valence-electron chi connectivity index (χ0n) is 9.69. The highest BCUT2D eigenvalue weighted by molar-refractivity contribution is 7.11. The van der Waals surface area contributed by atoms with E-state index in [2.05, 4.69) is 21.6 Å². The number of rotatable bonds is 4. The molecule has 2 aromatic heterocycles. The molecule has 2 rings (SSSR count). The first kappa shape index (κ1) is 12.2. The van der Waals surface area contributed by atoms with Crippen molar-refractivity contribution in [3.05, 3.63) is 32.7 Å². The summed E-state index contributed by atoms with van der Waals surface area (Å²) in [6.07, 6.45) is 2.36. The van der Waals surface area contributed by atoms with Gasteiger partial charge in [0.25, 0.3) is 5.91 Å². The monoisotopic (exact) mass is 267 g/mol. The van der Waals surface area contributed by atoms with Gasteiger partial charge in [0.1, 0.15) is 0 Å². The van der Waals surface area contributed by atoms with E-state index in [0.29, 0.717) is 12.1 Å². The summed E-state index contributed by atoms with van der Waals surface area (Å²) in [5, 5.41) is 5.67. The molecule has 0 bridgehead atoms. The second-order valence-corrected chi connectivity index (χ2v) is 5.61. The standard InChI is InChI=1S/C11H13N3OS2/c1-7-8(2)17-10(14-7)3-4-12-11(15)9-5-13-16-6-9/h5-6H,3-4H2,1-2H3,(H,12,15). The molecule has 1 amide bonds. The predicted molar refractivity (Wildman–Crippen MR) is 69.7 cm³/mol. The van der Waals surface area contributed by atoms with Crippen molar-refractivity contribution in [2.45, 2.75) is 20.3 Å². The summed E-state index contributed by atoms with van der Waals surface area (Å²) in [6, 6.07) is 0. The van der Waals surface area contributed by atoms with Crippen LogP contribution in [0.2, 0.25) is 0 Å². The maximum atomic E-state index is 11.6. The molecule has 0 radical (unpaired) electrons. The lowest BCUT2D eigenvalue weighted by atomic mass is 10.3. The third-order valence-electron chi connectivity index (χ3n) is 2.39. The van der Waals surface area contributed by atoms with Gasteiger partial charge in [0.05, 0.1) is 22.5 Å². The summed E-state index contributed by atoms with van der Waals surface area (Å²) >= 11 is 2.97. The highest BCUT2D eigenvalue weighted by atomic mass is 32.1. The Labute approximate surface area is 108 Å². The van der Waals surface area contributed by atoms with Crippen molar-refractivity contribution in [1.82, 2.24) is 14.7 Å². The summed E-state index contributed by atoms with van der Waals surface area (Å²) in [4.78, 5) is 17.3. The minimum Gasteiger partial charge on any atom is -0.352 e. The maximum Gasteiger partial charge on any atom is 0.253 e. The Kier molecular flexibility index (Phi) is 3.86. The van der Waals surface area contributed by atoms with Crippen LogP contribution in [0.15, 0.2) is 11.6 Å². The molecule has 0 fully saturated rings. The molecule has 0 spiro atoms. The largest absolute Gasteiger partial charge is 0.352 e. The van der Waals surface area contributed by atoms with Gasteiger partial charge in [0.2, 0.25) is 0 Å². The van der Waals surface area contributed by atoms with Crippen LogP contribution in [0.1, 0.15) is 25.9 Å². The fourth-order valence-corrected chi connectivity index (χ4v) is 2.80. The van der Waals surface area contributed by atoms with Crippen LogP contribution >= 0.6 is 22.9 Å². The molecule has 0 saturated heterocycles. The zero-order valence-corrected chi connectivity index (χ0v) is 11.3. The van der Waals surface area contributed by atoms with E-state index in [0.717, 1.165) is 17.1 Å². The smallest absolute Gasteiger partial charge is 0.253 e. The molecule has 1 N–H and O–H groups in total. The Morgan fingerprint density at radius 2 is 2.29 bits per heavy atom. The fraction of sp³-hybridized carbons (Fsp3) is 0.364. The highest BCUT2D eigenvalue weighted by Gasteiger charge is 2.07. The number of hydrogen-bond donors (Lipinski definition) is 1. The van der Waals surface area contributed by atoms with E-state index < -0.39 is 0 Å². The first-order valence-electron chi connectivity index (χ1n) is 5.27. The van der Waals surface area contributed by atoms with Crippen LogP contribution in [0, 0.1) is 13.8 Å². The van der Waals surface area contributed by atoms with E-state index in [9.17, 15) is 4.79 Å². The number of thiazole rings is 1. The van der Waals surface area contributed by atoms with Gasteiger partial charge in [-0.25, -0.2) is 9.36 Å². The van der Waals surface area contributed by atoms with Gasteiger partial charge >= 0.3 is 0 Å². The van der Waals surface area contributed by atoms with Crippen LogP contribution < -0.4 is 5.32 Å². The number of carbonyl (C=O) groups excluding carboxylic acids is 1. The second-order valence-electron chi connectivity index (χ2n) is 3.67. The van der Waals surface area contributed by atoms with Gasteiger partial charge in [-0.2, -0.15) is 0 Å². The number of carbonyl (C=O) groups is 1. The number of aromatic nitrogens is 2. The minimum absolute atomic E-state index is 0.0660. The number of nitrogens with one attached hydrogen (secondary N) is 1. The topological polar surface area (TPSA) is 54.9 Å². The number of hydrogen-bond acceptors (Lipinski definition) is 5. The number of aryl methyl sites for hydroxylation is 2. The molecule has 0 aliphatic carbocycles. The number of nitrogens with zero attached hydrogens (tertiary/aromatic N) is 2. The Morgan fingerprint density at radius 3 is 2.88 bits per heavy atom. The molecule has 0 aromatic carbocycles. The molecule has 17 heavy (non-hydrogen) atoms. The van der Waals surface area contributed by atoms with Crippen LogP contribution in [-0.4, -0.2) is 21.8 Å². The van der Waals surface area contributed by atoms with E-state index in [1.807, 2.05) is 6.92 Å². The molecule has 0 aliphatic rings. The van der Waals surface area contributed by atoms with Gasteiger partial charge in [-0.05, 0) is 25.4 Å². The lowest BCUT2D eigenvalue weighted by Crippen LogP contribution is -2.25. The van der Waals surface area contributed by atoms with Crippen LogP contribution in [0.5, 0.6) is 0 Å². The Morgan fingerprint density at radius 1 is 1.47 bits per heavy atom. The molecule has 0 saturated carbocycles. The quantitative estimate of drug-likeness (QED) is 0.924. The molecule has 90 valence electrons. The Balaban J connectivity index is 1.82. The van der Waals surface area contributed by atoms with Gasteiger partial charge in [0.15, 0.2) is 0 Å². The van der Waals surface area contributed by atoms with E-state index in [1.165, 1.54) is 16.4 Å². The molecule has 0 aliphatic heterocycles. The normalized spacial score (nSPS) is 10.5. The fourth-order valence-electron chi connectivity index (χ4n) is 1.35. The zero-order chi connectivity index (χ0) is 12.3. The van der Waals surface area contributed by atoms with E-state index in [1.54, 1.807) is 22.9 Å². The van der Waals surface area contributed by atoms with Crippen LogP contribution in [0.25, 0.3) is 0 Å². The van der Waals surface area contributed by atoms with Crippen molar-refractivity contribution in [3.63, 3.8) is 0 Å². The van der Waals surface area contributed by atoms with Gasteiger partial charge in [-0.3, -0.25) is 4.79 Å². The van der Waals surface area contributed by atoms with Crippen LogP contribution in [0.3, 0.4) is 0 Å². The average Bonchev–Trinajstić information content (AvgIpc) is 2.90. The first-order valence-corrected chi connectivity index (χ1v) is 6.92. The molecule has 0 atom stereocenters. The summed E-state index contributed by atoms with van der Waals surface area (Å²) in [5.74, 6) is -0.0660. The van der Waals surface area contributed by atoms with E-state index >= 15 is 0 Å². The van der Waals surface area contributed by atoms with Crippen molar-refractivity contribution in [3.8, 4) is 0 Å². The van der Waals surface area contributed by atoms with Gasteiger partial charge in [-0.1, -0.05) is 0 Å². The van der Waals surface area contributed by atoms with Crippen molar-refractivity contribution >= 4 is 28.8 Å². The molecule has 0 unspecified atom stereocenters. The predicted octanol–water partition coefficient (Wildman–Crippen LogP) is 2.19. The third-order valence-corrected chi connectivity index (χ3v) is 4.11. The molecule has 2 aromatic rings. The molecular weight excluding hydrogens is 254 g/mol. The van der Waals surface area contributed by atoms with Crippen molar-refractivity contribution in [1.29, 1.82) is 0 Å². The van der Waals surface area contributed by atoms with Crippen molar-refractivity contribution < 1.29 is 4.79 Å². The van der Waals surface area contributed by atoms with Crippen LogP contribution in [0.4, 0.5) is 0 Å². The third kappa shape index (κ3) is 3.10. The Bertz CT molecular complexity index is 485. The lowest BCUT2D eigenvalue weighted by Gasteiger charge is -2.00. The highest BCUT2D eigenvalue weighted by Crippen LogP contribution is 2.16. The average molecular weight is 267 g/mol. The number of amides is 1. The van der Waals surface area contributed by atoms with Gasteiger partial charge < -0.3 is 5.32 Å². The summed E-state index contributed by atoms with van der Waals surface area (Å²) in [7, 11) is 0. The van der Waals surface area contributed by atoms with Gasteiger partial charge in [0, 0.05) is 23.2 Å².